The first-order valence-electron chi connectivity index (χ1n) is 7.40. The molecule has 1 heterocycles. The highest BCUT2D eigenvalue weighted by Gasteiger charge is 2.37. The van der Waals surface area contributed by atoms with Gasteiger partial charge in [-0.3, -0.25) is 9.59 Å². The predicted molar refractivity (Wildman–Crippen MR) is 77.8 cm³/mol. The molecule has 1 atom stereocenters. The van der Waals surface area contributed by atoms with Gasteiger partial charge in [-0.25, -0.2) is 0 Å². The number of amides is 2. The van der Waals surface area contributed by atoms with Gasteiger partial charge in [-0.15, -0.1) is 11.8 Å². The van der Waals surface area contributed by atoms with Crippen LogP contribution >= 0.6 is 11.8 Å². The van der Waals surface area contributed by atoms with Gasteiger partial charge in [0, 0.05) is 18.2 Å². The van der Waals surface area contributed by atoms with Crippen LogP contribution in [0.4, 0.5) is 0 Å². The molecule has 0 spiro atoms. The Morgan fingerprint density at radius 1 is 1.26 bits per heavy atom. The number of thioether (sulfide) groups is 1. The monoisotopic (exact) mass is 284 g/mol. The van der Waals surface area contributed by atoms with Gasteiger partial charge < -0.3 is 10.2 Å². The summed E-state index contributed by atoms with van der Waals surface area (Å²) in [4.78, 5) is 26.4. The third-order valence-corrected chi connectivity index (χ3v) is 4.98. The average molecular weight is 284 g/mol. The third-order valence-electron chi connectivity index (χ3n) is 3.97. The van der Waals surface area contributed by atoms with Crippen molar-refractivity contribution >= 4 is 23.6 Å². The van der Waals surface area contributed by atoms with Crippen molar-refractivity contribution in [3.63, 3.8) is 0 Å². The van der Waals surface area contributed by atoms with E-state index in [0.29, 0.717) is 12.4 Å². The number of rotatable bonds is 4. The molecule has 0 radical (unpaired) electrons. The molecule has 1 saturated carbocycles. The smallest absolute Gasteiger partial charge is 0.243 e. The number of hydrogen-bond donors (Lipinski definition) is 1. The molecule has 19 heavy (non-hydrogen) atoms. The summed E-state index contributed by atoms with van der Waals surface area (Å²) in [6.07, 6.45) is 6.50. The number of nitrogens with one attached hydrogen (secondary N) is 1. The number of hydrogen-bond acceptors (Lipinski definition) is 3. The second-order valence-electron chi connectivity index (χ2n) is 5.45. The molecule has 0 aromatic carbocycles. The van der Waals surface area contributed by atoms with Crippen LogP contribution in [0.25, 0.3) is 0 Å². The van der Waals surface area contributed by atoms with E-state index in [0.717, 1.165) is 37.9 Å². The molecular formula is C14H24N2O2S. The lowest BCUT2D eigenvalue weighted by atomic mass is 9.88. The minimum absolute atomic E-state index is 0.0241. The van der Waals surface area contributed by atoms with Crippen LogP contribution in [-0.2, 0) is 9.59 Å². The average Bonchev–Trinajstić information content (AvgIpc) is 2.94. The van der Waals surface area contributed by atoms with E-state index in [1.807, 2.05) is 11.8 Å². The second-order valence-corrected chi connectivity index (χ2v) is 6.45. The molecule has 5 heteroatoms. The van der Waals surface area contributed by atoms with E-state index in [2.05, 4.69) is 5.32 Å². The van der Waals surface area contributed by atoms with Crippen LogP contribution in [0.1, 0.15) is 45.4 Å². The van der Waals surface area contributed by atoms with Crippen LogP contribution in [0.15, 0.2) is 0 Å². The van der Waals surface area contributed by atoms with Gasteiger partial charge >= 0.3 is 0 Å². The number of nitrogens with zero attached hydrogens (tertiary/aromatic N) is 1. The van der Waals surface area contributed by atoms with Crippen LogP contribution in [-0.4, -0.2) is 40.9 Å². The molecule has 108 valence electrons. The summed E-state index contributed by atoms with van der Waals surface area (Å²) in [7, 11) is 0. The summed E-state index contributed by atoms with van der Waals surface area (Å²) < 4.78 is 0. The van der Waals surface area contributed by atoms with Crippen LogP contribution in [0.5, 0.6) is 0 Å². The SMILES string of the molecule is CCCNC(=O)C1CSCN1C(=O)C1CCCCC1. The maximum atomic E-state index is 12.5. The molecule has 4 nitrogen and oxygen atoms in total. The summed E-state index contributed by atoms with van der Waals surface area (Å²) in [5.74, 6) is 1.82. The molecule has 2 rings (SSSR count). The minimum atomic E-state index is -0.244. The van der Waals surface area contributed by atoms with E-state index in [9.17, 15) is 9.59 Å². The van der Waals surface area contributed by atoms with Gasteiger partial charge in [0.1, 0.15) is 6.04 Å². The van der Waals surface area contributed by atoms with Crippen molar-refractivity contribution in [1.29, 1.82) is 0 Å². The van der Waals surface area contributed by atoms with Crippen molar-refractivity contribution in [3.8, 4) is 0 Å². The minimum Gasteiger partial charge on any atom is -0.354 e. The summed E-state index contributed by atoms with van der Waals surface area (Å²) >= 11 is 1.69. The van der Waals surface area contributed by atoms with Crippen molar-refractivity contribution in [2.45, 2.75) is 51.5 Å². The van der Waals surface area contributed by atoms with Gasteiger partial charge in [0.25, 0.3) is 0 Å². The number of carbonyl (C=O) groups excluding carboxylic acids is 2. The van der Waals surface area contributed by atoms with Crippen LogP contribution in [0.2, 0.25) is 0 Å². The van der Waals surface area contributed by atoms with E-state index in [1.165, 1.54) is 6.42 Å². The van der Waals surface area contributed by atoms with Crippen molar-refractivity contribution in [2.24, 2.45) is 5.92 Å². The van der Waals surface area contributed by atoms with Gasteiger partial charge in [-0.1, -0.05) is 26.2 Å². The molecule has 2 fully saturated rings. The van der Waals surface area contributed by atoms with Crippen LogP contribution in [0, 0.1) is 5.92 Å². The lowest BCUT2D eigenvalue weighted by Crippen LogP contribution is -2.49. The molecule has 1 aliphatic heterocycles. The Kier molecular flexibility index (Phi) is 5.55. The zero-order valence-electron chi connectivity index (χ0n) is 11.7. The third kappa shape index (κ3) is 3.65. The fourth-order valence-corrected chi connectivity index (χ4v) is 3.99. The lowest BCUT2D eigenvalue weighted by molar-refractivity contribution is -0.141. The predicted octanol–water partition coefficient (Wildman–Crippen LogP) is 1.99. The number of carbonyl (C=O) groups is 2. The lowest BCUT2D eigenvalue weighted by Gasteiger charge is -2.29. The largest absolute Gasteiger partial charge is 0.354 e. The van der Waals surface area contributed by atoms with Gasteiger partial charge in [0.05, 0.1) is 5.88 Å². The Labute approximate surface area is 119 Å². The maximum absolute atomic E-state index is 12.5. The summed E-state index contributed by atoms with van der Waals surface area (Å²) in [5.41, 5.74) is 0. The Balaban J connectivity index is 1.93. The van der Waals surface area contributed by atoms with Crippen molar-refractivity contribution in [2.75, 3.05) is 18.2 Å². The molecule has 1 unspecified atom stereocenters. The molecule has 2 amide bonds. The Bertz CT molecular complexity index is 329. The molecule has 0 aromatic heterocycles. The fraction of sp³-hybridized carbons (Fsp3) is 0.857. The Morgan fingerprint density at radius 2 is 2.00 bits per heavy atom. The van der Waals surface area contributed by atoms with E-state index in [-0.39, 0.29) is 23.8 Å². The Hall–Kier alpha value is -0.710. The normalized spacial score (nSPS) is 24.5. The molecule has 0 aromatic rings. The molecule has 1 saturated heterocycles. The molecule has 1 N–H and O–H groups in total. The maximum Gasteiger partial charge on any atom is 0.243 e. The highest BCUT2D eigenvalue weighted by atomic mass is 32.2. The van der Waals surface area contributed by atoms with Crippen LogP contribution < -0.4 is 5.32 Å². The quantitative estimate of drug-likeness (QED) is 0.859. The molecular weight excluding hydrogens is 260 g/mol. The molecule has 2 aliphatic rings. The van der Waals surface area contributed by atoms with Gasteiger partial charge in [-0.05, 0) is 19.3 Å². The summed E-state index contributed by atoms with van der Waals surface area (Å²) in [5, 5.41) is 2.92. The molecule has 1 aliphatic carbocycles. The van der Waals surface area contributed by atoms with Crippen molar-refractivity contribution < 1.29 is 9.59 Å². The zero-order valence-corrected chi connectivity index (χ0v) is 12.5. The highest BCUT2D eigenvalue weighted by Crippen LogP contribution is 2.29. The van der Waals surface area contributed by atoms with Gasteiger partial charge in [0.15, 0.2) is 0 Å². The van der Waals surface area contributed by atoms with E-state index >= 15 is 0 Å². The van der Waals surface area contributed by atoms with Gasteiger partial charge in [0.2, 0.25) is 11.8 Å². The second kappa shape index (κ2) is 7.17. The standard InChI is InChI=1S/C14H24N2O2S/c1-2-8-15-13(17)12-9-19-10-16(12)14(18)11-6-4-3-5-7-11/h11-12H,2-10H2,1H3,(H,15,17). The molecule has 0 bridgehead atoms. The van der Waals surface area contributed by atoms with E-state index in [4.69, 9.17) is 0 Å². The summed E-state index contributed by atoms with van der Waals surface area (Å²) in [6, 6.07) is -0.244. The zero-order chi connectivity index (χ0) is 13.7. The first-order chi connectivity index (χ1) is 9.24. The fourth-order valence-electron chi connectivity index (χ4n) is 2.83. The topological polar surface area (TPSA) is 49.4 Å². The van der Waals surface area contributed by atoms with E-state index in [1.54, 1.807) is 11.8 Å². The van der Waals surface area contributed by atoms with Crippen molar-refractivity contribution in [3.05, 3.63) is 0 Å². The highest BCUT2D eigenvalue weighted by molar-refractivity contribution is 7.99. The van der Waals surface area contributed by atoms with Crippen molar-refractivity contribution in [1.82, 2.24) is 10.2 Å². The van der Waals surface area contributed by atoms with E-state index < -0.39 is 0 Å². The first kappa shape index (κ1) is 14.7. The van der Waals surface area contributed by atoms with Gasteiger partial charge in [-0.2, -0.15) is 0 Å². The van der Waals surface area contributed by atoms with Crippen LogP contribution in [0.3, 0.4) is 0 Å². The first-order valence-corrected chi connectivity index (χ1v) is 8.55. The Morgan fingerprint density at radius 3 is 2.68 bits per heavy atom. The summed E-state index contributed by atoms with van der Waals surface area (Å²) in [6.45, 7) is 2.74.